The zero-order valence-electron chi connectivity index (χ0n) is 19.1. The highest BCUT2D eigenvalue weighted by atomic mass is 32.1. The quantitative estimate of drug-likeness (QED) is 0.243. The number of benzene rings is 2. The number of carbonyl (C=O) groups excluding carboxylic acids is 2. The van der Waals surface area contributed by atoms with Crippen LogP contribution < -0.4 is 0 Å². The number of ether oxygens (including phenoxy) is 1. The van der Waals surface area contributed by atoms with E-state index in [1.54, 1.807) is 16.9 Å². The summed E-state index contributed by atoms with van der Waals surface area (Å²) in [6, 6.07) is 20.6. The van der Waals surface area contributed by atoms with Gasteiger partial charge in [-0.15, -0.1) is 16.4 Å². The standard InChI is InChI=1S/C26H21N5O3S/c1-17-15-21(18(2)30(17)26-27-13-14-35-26)22(32)16-34-25(33)23-28-24(19-9-5-3-6-10-19)31(29-23)20-11-7-4-8-12-20/h3-15H,16H2,1-2H3. The number of nitrogens with zero attached hydrogens (tertiary/aromatic N) is 5. The van der Waals surface area contributed by atoms with Crippen molar-refractivity contribution in [3.8, 4) is 22.2 Å². The van der Waals surface area contributed by atoms with Crippen molar-refractivity contribution in [2.45, 2.75) is 13.8 Å². The minimum atomic E-state index is -0.765. The number of hydrogen-bond donors (Lipinski definition) is 0. The fraction of sp³-hybridized carbons (Fsp3) is 0.115. The molecule has 0 aliphatic heterocycles. The molecule has 0 aliphatic carbocycles. The zero-order valence-corrected chi connectivity index (χ0v) is 19.9. The van der Waals surface area contributed by atoms with E-state index in [4.69, 9.17) is 4.74 Å². The third-order valence-corrected chi connectivity index (χ3v) is 6.26. The Kier molecular flexibility index (Phi) is 6.07. The second-order valence-corrected chi connectivity index (χ2v) is 8.68. The maximum atomic E-state index is 12.9. The van der Waals surface area contributed by atoms with Crippen LogP contribution >= 0.6 is 11.3 Å². The molecule has 2 aromatic carbocycles. The van der Waals surface area contributed by atoms with Crippen LogP contribution in [0.1, 0.15) is 32.4 Å². The van der Waals surface area contributed by atoms with Crippen molar-refractivity contribution in [2.24, 2.45) is 0 Å². The van der Waals surface area contributed by atoms with Crippen molar-refractivity contribution < 1.29 is 14.3 Å². The first kappa shape index (κ1) is 22.4. The molecule has 0 amide bonds. The van der Waals surface area contributed by atoms with Gasteiger partial charge in [-0.05, 0) is 32.0 Å². The lowest BCUT2D eigenvalue weighted by Gasteiger charge is -2.05. The first-order valence-corrected chi connectivity index (χ1v) is 11.8. The fourth-order valence-corrected chi connectivity index (χ4v) is 4.61. The highest BCUT2D eigenvalue weighted by Crippen LogP contribution is 2.23. The van der Waals surface area contributed by atoms with E-state index < -0.39 is 12.6 Å². The number of Topliss-reactive ketones (excluding diaryl/α,β-unsaturated/α-hetero) is 1. The topological polar surface area (TPSA) is 91.9 Å². The van der Waals surface area contributed by atoms with Crippen LogP contribution in [0.15, 0.2) is 78.3 Å². The van der Waals surface area contributed by atoms with E-state index in [2.05, 4.69) is 15.1 Å². The van der Waals surface area contributed by atoms with Crippen LogP contribution in [-0.2, 0) is 4.74 Å². The SMILES string of the molecule is Cc1cc(C(=O)COC(=O)c2nc(-c3ccccc3)n(-c3ccccc3)n2)c(C)n1-c1nccs1. The molecule has 0 spiro atoms. The van der Waals surface area contributed by atoms with Crippen LogP contribution in [-0.4, -0.2) is 42.7 Å². The molecule has 5 rings (SSSR count). The number of esters is 1. The van der Waals surface area contributed by atoms with Gasteiger partial charge in [0.05, 0.1) is 5.69 Å². The summed E-state index contributed by atoms with van der Waals surface area (Å²) in [5.41, 5.74) is 3.66. The largest absolute Gasteiger partial charge is 0.451 e. The van der Waals surface area contributed by atoms with Crippen LogP contribution in [0.3, 0.4) is 0 Å². The highest BCUT2D eigenvalue weighted by molar-refractivity contribution is 7.12. The number of aryl methyl sites for hydroxylation is 1. The number of aromatic nitrogens is 5. The van der Waals surface area contributed by atoms with Crippen LogP contribution in [0.4, 0.5) is 0 Å². The average Bonchev–Trinajstić information content (AvgIpc) is 3.63. The molecule has 35 heavy (non-hydrogen) atoms. The van der Waals surface area contributed by atoms with Crippen LogP contribution in [0.25, 0.3) is 22.2 Å². The normalized spacial score (nSPS) is 10.9. The van der Waals surface area contributed by atoms with Gasteiger partial charge in [-0.3, -0.25) is 9.36 Å². The lowest BCUT2D eigenvalue weighted by atomic mass is 10.1. The Morgan fingerprint density at radius 3 is 2.40 bits per heavy atom. The van der Waals surface area contributed by atoms with E-state index in [0.29, 0.717) is 11.4 Å². The summed E-state index contributed by atoms with van der Waals surface area (Å²) in [7, 11) is 0. The summed E-state index contributed by atoms with van der Waals surface area (Å²) in [4.78, 5) is 34.5. The maximum Gasteiger partial charge on any atom is 0.378 e. The summed E-state index contributed by atoms with van der Waals surface area (Å²) in [6.45, 7) is 3.34. The zero-order chi connectivity index (χ0) is 24.4. The second-order valence-electron chi connectivity index (χ2n) is 7.81. The van der Waals surface area contributed by atoms with Gasteiger partial charge in [-0.1, -0.05) is 48.5 Å². The predicted molar refractivity (Wildman–Crippen MR) is 132 cm³/mol. The monoisotopic (exact) mass is 483 g/mol. The number of thiazole rings is 1. The molecule has 0 unspecified atom stereocenters. The molecule has 0 bridgehead atoms. The van der Waals surface area contributed by atoms with Gasteiger partial charge >= 0.3 is 5.97 Å². The summed E-state index contributed by atoms with van der Waals surface area (Å²) in [6.07, 6.45) is 1.72. The van der Waals surface area contributed by atoms with E-state index in [0.717, 1.165) is 27.8 Å². The molecule has 0 fully saturated rings. The van der Waals surface area contributed by atoms with Crippen molar-refractivity contribution in [3.05, 3.63) is 101 Å². The van der Waals surface area contributed by atoms with E-state index >= 15 is 0 Å². The van der Waals surface area contributed by atoms with Gasteiger partial charge in [-0.25, -0.2) is 19.4 Å². The lowest BCUT2D eigenvalue weighted by molar-refractivity contribution is 0.0462. The Hall–Kier alpha value is -4.37. The van der Waals surface area contributed by atoms with Crippen molar-refractivity contribution in [1.82, 2.24) is 24.3 Å². The van der Waals surface area contributed by atoms with Gasteiger partial charge in [0.15, 0.2) is 17.6 Å². The summed E-state index contributed by atoms with van der Waals surface area (Å²) >= 11 is 1.48. The molecule has 5 aromatic rings. The number of rotatable bonds is 7. The van der Waals surface area contributed by atoms with Crippen molar-refractivity contribution in [2.75, 3.05) is 6.61 Å². The van der Waals surface area contributed by atoms with Gasteiger partial charge in [-0.2, -0.15) is 0 Å². The Morgan fingerprint density at radius 2 is 1.71 bits per heavy atom. The number of para-hydroxylation sites is 1. The summed E-state index contributed by atoms with van der Waals surface area (Å²) in [5, 5.41) is 7.04. The van der Waals surface area contributed by atoms with Gasteiger partial charge < -0.3 is 4.74 Å². The van der Waals surface area contributed by atoms with Crippen LogP contribution in [0, 0.1) is 13.8 Å². The molecule has 3 aromatic heterocycles. The van der Waals surface area contributed by atoms with Gasteiger partial charge in [0.1, 0.15) is 0 Å². The molecule has 0 radical (unpaired) electrons. The fourth-order valence-electron chi connectivity index (χ4n) is 3.86. The molecule has 9 heteroatoms. The number of carbonyl (C=O) groups is 2. The maximum absolute atomic E-state index is 12.9. The van der Waals surface area contributed by atoms with Crippen LogP contribution in [0.2, 0.25) is 0 Å². The number of ketones is 1. The second kappa shape index (κ2) is 9.47. The van der Waals surface area contributed by atoms with E-state index in [9.17, 15) is 9.59 Å². The van der Waals surface area contributed by atoms with Crippen LogP contribution in [0.5, 0.6) is 0 Å². The molecule has 3 heterocycles. The minimum absolute atomic E-state index is 0.117. The molecule has 0 aliphatic rings. The minimum Gasteiger partial charge on any atom is -0.451 e. The van der Waals surface area contributed by atoms with Crippen molar-refractivity contribution >= 4 is 23.1 Å². The summed E-state index contributed by atoms with van der Waals surface area (Å²) < 4.78 is 8.83. The Morgan fingerprint density at radius 1 is 1.00 bits per heavy atom. The molecule has 0 saturated heterocycles. The smallest absolute Gasteiger partial charge is 0.378 e. The predicted octanol–water partition coefficient (Wildman–Crippen LogP) is 4.84. The lowest BCUT2D eigenvalue weighted by Crippen LogP contribution is -2.16. The molecule has 174 valence electrons. The van der Waals surface area contributed by atoms with Crippen molar-refractivity contribution in [1.29, 1.82) is 0 Å². The molecule has 0 saturated carbocycles. The highest BCUT2D eigenvalue weighted by Gasteiger charge is 2.23. The van der Waals surface area contributed by atoms with Gasteiger partial charge in [0, 0.05) is 34.1 Å². The molecule has 0 atom stereocenters. The van der Waals surface area contributed by atoms with E-state index in [1.807, 2.05) is 84.5 Å². The Labute approximate surface area is 205 Å². The Bertz CT molecular complexity index is 1430. The van der Waals surface area contributed by atoms with Crippen molar-refractivity contribution in [3.63, 3.8) is 0 Å². The van der Waals surface area contributed by atoms with Gasteiger partial charge in [0.2, 0.25) is 5.78 Å². The summed E-state index contributed by atoms with van der Waals surface area (Å²) in [5.74, 6) is -0.685. The average molecular weight is 484 g/mol. The van der Waals surface area contributed by atoms with E-state index in [1.165, 1.54) is 11.3 Å². The Balaban J connectivity index is 1.38. The first-order valence-electron chi connectivity index (χ1n) is 10.9. The third-order valence-electron chi connectivity index (χ3n) is 5.50. The molecular weight excluding hydrogens is 462 g/mol. The molecular formula is C26H21N5O3S. The third kappa shape index (κ3) is 4.41. The molecule has 0 N–H and O–H groups in total. The molecule has 8 nitrogen and oxygen atoms in total. The van der Waals surface area contributed by atoms with Gasteiger partial charge in [0.25, 0.3) is 5.82 Å². The first-order chi connectivity index (χ1) is 17.0. The van der Waals surface area contributed by atoms with E-state index in [-0.39, 0.29) is 11.6 Å². The number of hydrogen-bond acceptors (Lipinski definition) is 7.